The zero-order valence-electron chi connectivity index (χ0n) is 18.5. The summed E-state index contributed by atoms with van der Waals surface area (Å²) in [6.07, 6.45) is 1.61. The molecule has 33 heavy (non-hydrogen) atoms. The van der Waals surface area contributed by atoms with Crippen LogP contribution in [-0.4, -0.2) is 34.1 Å². The summed E-state index contributed by atoms with van der Waals surface area (Å²) in [6, 6.07) is 22.1. The summed E-state index contributed by atoms with van der Waals surface area (Å²) in [5, 5.41) is 2.86. The van der Waals surface area contributed by atoms with Gasteiger partial charge in [-0.2, -0.15) is 0 Å². The van der Waals surface area contributed by atoms with Crippen LogP contribution in [0.3, 0.4) is 0 Å². The summed E-state index contributed by atoms with van der Waals surface area (Å²) < 4.78 is 38.6. The molecule has 0 aromatic heterocycles. The van der Waals surface area contributed by atoms with Crippen LogP contribution < -0.4 is 19.5 Å². The van der Waals surface area contributed by atoms with E-state index in [4.69, 9.17) is 9.47 Å². The Kier molecular flexibility index (Phi) is 8.71. The number of unbranched alkanes of at least 4 members (excludes halogenated alkanes) is 1. The molecule has 0 atom stereocenters. The molecule has 3 aromatic rings. The van der Waals surface area contributed by atoms with Gasteiger partial charge < -0.3 is 14.8 Å². The van der Waals surface area contributed by atoms with E-state index in [1.54, 1.807) is 36.4 Å². The van der Waals surface area contributed by atoms with Crippen molar-refractivity contribution in [1.82, 2.24) is 5.32 Å². The fraction of sp³-hybridized carbons (Fsp3) is 0.240. The molecule has 3 rings (SSSR count). The predicted octanol–water partition coefficient (Wildman–Crippen LogP) is 4.48. The van der Waals surface area contributed by atoms with Gasteiger partial charge in [0.15, 0.2) is 0 Å². The van der Waals surface area contributed by atoms with Gasteiger partial charge in [0.05, 0.1) is 18.1 Å². The maximum Gasteiger partial charge on any atom is 0.261 e. The second-order valence-corrected chi connectivity index (χ2v) is 8.89. The van der Waals surface area contributed by atoms with Crippen LogP contribution in [0.4, 0.5) is 5.69 Å². The molecule has 7 nitrogen and oxygen atoms in total. The number of anilines is 1. The average Bonchev–Trinajstić information content (AvgIpc) is 2.82. The second kappa shape index (κ2) is 11.9. The van der Waals surface area contributed by atoms with Crippen molar-refractivity contribution in [2.24, 2.45) is 0 Å². The highest BCUT2D eigenvalue weighted by atomic mass is 32.2. The summed E-state index contributed by atoms with van der Waals surface area (Å²) in [6.45, 7) is 3.48. The Labute approximate surface area is 194 Å². The first-order valence-corrected chi connectivity index (χ1v) is 12.3. The van der Waals surface area contributed by atoms with Gasteiger partial charge in [-0.3, -0.25) is 9.52 Å². The Morgan fingerprint density at radius 3 is 2.15 bits per heavy atom. The number of carbonyl (C=O) groups excluding carboxylic acids is 1. The topological polar surface area (TPSA) is 93.7 Å². The number of ether oxygens (including phenoxy) is 2. The maximum absolute atomic E-state index is 12.6. The van der Waals surface area contributed by atoms with E-state index in [9.17, 15) is 13.2 Å². The third kappa shape index (κ3) is 7.54. The number of hydrogen-bond acceptors (Lipinski definition) is 5. The van der Waals surface area contributed by atoms with E-state index in [1.807, 2.05) is 37.3 Å². The molecular formula is C25H28N2O5S. The molecule has 0 aliphatic carbocycles. The first-order valence-electron chi connectivity index (χ1n) is 10.8. The quantitative estimate of drug-likeness (QED) is 0.383. The van der Waals surface area contributed by atoms with Crippen molar-refractivity contribution in [3.05, 3.63) is 84.4 Å². The van der Waals surface area contributed by atoms with Gasteiger partial charge in [-0.05, 0) is 80.4 Å². The van der Waals surface area contributed by atoms with Gasteiger partial charge in [-0.1, -0.05) is 18.2 Å². The summed E-state index contributed by atoms with van der Waals surface area (Å²) in [4.78, 5) is 12.4. The molecule has 0 unspecified atom stereocenters. The third-order valence-corrected chi connectivity index (χ3v) is 6.11. The highest BCUT2D eigenvalue weighted by molar-refractivity contribution is 7.92. The van der Waals surface area contributed by atoms with E-state index in [-0.39, 0.29) is 10.8 Å². The lowest BCUT2D eigenvalue weighted by Crippen LogP contribution is -2.24. The van der Waals surface area contributed by atoms with Crippen molar-refractivity contribution in [2.75, 3.05) is 24.5 Å². The van der Waals surface area contributed by atoms with E-state index in [1.165, 1.54) is 12.1 Å². The fourth-order valence-electron chi connectivity index (χ4n) is 3.02. The van der Waals surface area contributed by atoms with Gasteiger partial charge in [0.1, 0.15) is 11.5 Å². The van der Waals surface area contributed by atoms with Crippen LogP contribution in [0.5, 0.6) is 11.5 Å². The first-order chi connectivity index (χ1) is 16.0. The predicted molar refractivity (Wildman–Crippen MR) is 128 cm³/mol. The summed E-state index contributed by atoms with van der Waals surface area (Å²) in [5.41, 5.74) is 0.832. The monoisotopic (exact) mass is 468 g/mol. The molecule has 2 N–H and O–H groups in total. The van der Waals surface area contributed by atoms with Gasteiger partial charge in [-0.25, -0.2) is 8.42 Å². The van der Waals surface area contributed by atoms with Gasteiger partial charge >= 0.3 is 0 Å². The lowest BCUT2D eigenvalue weighted by atomic mass is 10.2. The van der Waals surface area contributed by atoms with Crippen LogP contribution in [0.1, 0.15) is 30.1 Å². The Balaban J connectivity index is 1.43. The minimum atomic E-state index is -3.74. The largest absolute Gasteiger partial charge is 0.494 e. The summed E-state index contributed by atoms with van der Waals surface area (Å²) >= 11 is 0. The van der Waals surface area contributed by atoms with Gasteiger partial charge in [0.2, 0.25) is 0 Å². The van der Waals surface area contributed by atoms with Crippen LogP contribution in [0.2, 0.25) is 0 Å². The molecule has 1 amide bonds. The number of sulfonamides is 1. The van der Waals surface area contributed by atoms with Crippen molar-refractivity contribution in [2.45, 2.75) is 24.7 Å². The van der Waals surface area contributed by atoms with Crippen LogP contribution in [-0.2, 0) is 10.0 Å². The average molecular weight is 469 g/mol. The number of nitrogens with one attached hydrogen (secondary N) is 2. The highest BCUT2D eigenvalue weighted by Crippen LogP contribution is 2.20. The fourth-order valence-corrected chi connectivity index (χ4v) is 4.08. The molecule has 0 aliphatic rings. The smallest absolute Gasteiger partial charge is 0.261 e. The molecule has 0 spiro atoms. The molecule has 0 radical (unpaired) electrons. The standard InChI is InChI=1S/C25H28N2O5S/c1-2-31-23-14-16-24(17-15-23)33(29,30)27-21-12-10-20(11-13-21)25(28)26-18-6-7-19-32-22-8-4-3-5-9-22/h3-5,8-17,27H,2,6-7,18-19H2,1H3,(H,26,28). The van der Waals surface area contributed by atoms with E-state index < -0.39 is 10.0 Å². The van der Waals surface area contributed by atoms with Crippen LogP contribution >= 0.6 is 0 Å². The number of benzene rings is 3. The molecular weight excluding hydrogens is 440 g/mol. The molecule has 3 aromatic carbocycles. The highest BCUT2D eigenvalue weighted by Gasteiger charge is 2.14. The van der Waals surface area contributed by atoms with Crippen LogP contribution in [0, 0.1) is 0 Å². The molecule has 0 fully saturated rings. The number of rotatable bonds is 12. The Morgan fingerprint density at radius 2 is 1.48 bits per heavy atom. The first kappa shape index (κ1) is 24.1. The van der Waals surface area contributed by atoms with E-state index in [2.05, 4.69) is 10.0 Å². The lowest BCUT2D eigenvalue weighted by molar-refractivity contribution is 0.0952. The van der Waals surface area contributed by atoms with E-state index in [0.717, 1.165) is 18.6 Å². The maximum atomic E-state index is 12.6. The molecule has 0 saturated carbocycles. The van der Waals surface area contributed by atoms with Crippen LogP contribution in [0.25, 0.3) is 0 Å². The summed E-state index contributed by atoms with van der Waals surface area (Å²) in [7, 11) is -3.74. The second-order valence-electron chi connectivity index (χ2n) is 7.21. The SMILES string of the molecule is CCOc1ccc(S(=O)(=O)Nc2ccc(C(=O)NCCCCOc3ccccc3)cc2)cc1. The van der Waals surface area contributed by atoms with Crippen molar-refractivity contribution in [3.8, 4) is 11.5 Å². The molecule has 174 valence electrons. The molecule has 0 heterocycles. The van der Waals surface area contributed by atoms with Gasteiger partial charge in [0, 0.05) is 17.8 Å². The number of amides is 1. The molecule has 0 aliphatic heterocycles. The molecule has 0 bridgehead atoms. The lowest BCUT2D eigenvalue weighted by Gasteiger charge is -2.10. The van der Waals surface area contributed by atoms with E-state index >= 15 is 0 Å². The Morgan fingerprint density at radius 1 is 0.818 bits per heavy atom. The zero-order chi connectivity index (χ0) is 23.5. The summed E-state index contributed by atoms with van der Waals surface area (Å²) in [5.74, 6) is 1.23. The zero-order valence-corrected chi connectivity index (χ0v) is 19.3. The number of carbonyl (C=O) groups is 1. The number of hydrogen-bond donors (Lipinski definition) is 2. The van der Waals surface area contributed by atoms with Crippen LogP contribution in [0.15, 0.2) is 83.8 Å². The Hall–Kier alpha value is -3.52. The van der Waals surface area contributed by atoms with Crippen molar-refractivity contribution in [3.63, 3.8) is 0 Å². The number of para-hydroxylation sites is 1. The van der Waals surface area contributed by atoms with Crippen molar-refractivity contribution < 1.29 is 22.7 Å². The molecule has 8 heteroatoms. The molecule has 0 saturated heterocycles. The normalized spacial score (nSPS) is 10.9. The third-order valence-electron chi connectivity index (χ3n) is 4.71. The van der Waals surface area contributed by atoms with Gasteiger partial charge in [0.25, 0.3) is 15.9 Å². The van der Waals surface area contributed by atoms with Crippen molar-refractivity contribution in [1.29, 1.82) is 0 Å². The minimum Gasteiger partial charge on any atom is -0.494 e. The minimum absolute atomic E-state index is 0.129. The Bertz CT molecular complexity index is 1120. The van der Waals surface area contributed by atoms with Gasteiger partial charge in [-0.15, -0.1) is 0 Å². The van der Waals surface area contributed by atoms with E-state index in [0.29, 0.717) is 36.8 Å². The van der Waals surface area contributed by atoms with Crippen molar-refractivity contribution >= 4 is 21.6 Å².